The Morgan fingerprint density at radius 3 is 2.10 bits per heavy atom. The number of fused-ring (bicyclic) bond motifs is 1. The monoisotopic (exact) mass is 563 g/mol. The van der Waals surface area contributed by atoms with Crippen molar-refractivity contribution in [3.05, 3.63) is 92.3 Å². The van der Waals surface area contributed by atoms with E-state index in [1.54, 1.807) is 60.3 Å². The molecule has 3 aromatic rings. The number of carbonyl (C=O) groups is 3. The van der Waals surface area contributed by atoms with Crippen LogP contribution >= 0.6 is 0 Å². The van der Waals surface area contributed by atoms with Crippen molar-refractivity contribution in [2.45, 2.75) is 18.2 Å². The van der Waals surface area contributed by atoms with Crippen LogP contribution in [0.25, 0.3) is 0 Å². The second-order valence-corrected chi connectivity index (χ2v) is 9.87. The van der Waals surface area contributed by atoms with Gasteiger partial charge in [-0.3, -0.25) is 39.4 Å². The fraction of sp³-hybridized carbons (Fsp3) is 0.269. The van der Waals surface area contributed by atoms with Crippen molar-refractivity contribution in [3.63, 3.8) is 0 Å². The van der Waals surface area contributed by atoms with Crippen LogP contribution in [0.5, 0.6) is 0 Å². The van der Waals surface area contributed by atoms with E-state index in [9.17, 15) is 34.6 Å². The molecule has 15 nitrogen and oxygen atoms in total. The maximum Gasteiger partial charge on any atom is 0.301 e. The predicted octanol–water partition coefficient (Wildman–Crippen LogP) is 1.98. The van der Waals surface area contributed by atoms with E-state index in [1.165, 1.54) is 24.1 Å². The second kappa shape index (κ2) is 10.1. The van der Waals surface area contributed by atoms with Crippen molar-refractivity contribution >= 4 is 40.5 Å². The molecular weight excluding hydrogens is 538 g/mol. The first-order valence-electron chi connectivity index (χ1n) is 12.4. The zero-order chi connectivity index (χ0) is 29.7. The van der Waals surface area contributed by atoms with Crippen molar-refractivity contribution < 1.29 is 29.1 Å². The number of aryl methyl sites for hydroxylation is 1. The van der Waals surface area contributed by atoms with Crippen LogP contribution in [-0.2, 0) is 26.3 Å². The lowest BCUT2D eigenvalue weighted by molar-refractivity contribution is -0.392. The lowest BCUT2D eigenvalue weighted by Gasteiger charge is -2.32. The van der Waals surface area contributed by atoms with Crippen LogP contribution in [0.4, 0.5) is 22.7 Å². The zero-order valence-corrected chi connectivity index (χ0v) is 22.1. The molecule has 0 spiro atoms. The van der Waals surface area contributed by atoms with Crippen LogP contribution in [0.2, 0.25) is 0 Å². The van der Waals surface area contributed by atoms with Crippen LogP contribution in [0.1, 0.15) is 23.3 Å². The summed E-state index contributed by atoms with van der Waals surface area (Å²) in [7, 11) is 4.52. The van der Waals surface area contributed by atoms with Gasteiger partial charge in [0, 0.05) is 45.2 Å². The van der Waals surface area contributed by atoms with E-state index in [0.29, 0.717) is 16.2 Å². The van der Waals surface area contributed by atoms with E-state index in [0.717, 1.165) is 12.1 Å². The molecule has 0 aliphatic carbocycles. The minimum Gasteiger partial charge on any atom is -0.368 e. The lowest BCUT2D eigenvalue weighted by atomic mass is 9.92. The standard InChI is InChI=1S/C26H25N7O8/c1-28(2)21-17(32(37)38)12-15(13-18(21)33(39)40)30-25(35)19-22(16-10-7-11-29(16)3)31(41-23(19)26(30)36)20(24(27)34)14-8-5-4-6-9-14/h4-13,19-20,22-23H,1-3H3,(H2,27,34). The van der Waals surface area contributed by atoms with Crippen LogP contribution in [0, 0.1) is 26.1 Å². The number of benzene rings is 2. The molecule has 3 heterocycles. The number of amides is 3. The maximum absolute atomic E-state index is 14.0. The molecule has 2 aromatic carbocycles. The molecule has 15 heteroatoms. The molecule has 212 valence electrons. The van der Waals surface area contributed by atoms with Crippen LogP contribution in [0.15, 0.2) is 60.8 Å². The molecule has 3 amide bonds. The number of nitro groups is 2. The molecule has 2 aliphatic heterocycles. The van der Waals surface area contributed by atoms with Gasteiger partial charge in [0.05, 0.1) is 27.5 Å². The molecule has 2 aliphatic rings. The molecule has 41 heavy (non-hydrogen) atoms. The molecule has 2 N–H and O–H groups in total. The molecule has 0 saturated carbocycles. The number of nitrogens with two attached hydrogens (primary N) is 1. The number of nitro benzene ring substituents is 2. The average molecular weight is 564 g/mol. The van der Waals surface area contributed by atoms with Gasteiger partial charge < -0.3 is 15.2 Å². The molecule has 4 unspecified atom stereocenters. The van der Waals surface area contributed by atoms with Crippen molar-refractivity contribution in [1.29, 1.82) is 0 Å². The number of primary amides is 1. The summed E-state index contributed by atoms with van der Waals surface area (Å²) >= 11 is 0. The molecular formula is C26H25N7O8. The second-order valence-electron chi connectivity index (χ2n) is 9.87. The minimum absolute atomic E-state index is 0.292. The SMILES string of the molecule is CN(C)c1c([N+](=O)[O-])cc(N2C(=O)C3ON(C(C(N)=O)c4ccccc4)C(c4cccn4C)C3C2=O)cc1[N+](=O)[O-]. The first-order valence-corrected chi connectivity index (χ1v) is 12.4. The van der Waals surface area contributed by atoms with Gasteiger partial charge in [-0.15, -0.1) is 0 Å². The third-order valence-electron chi connectivity index (χ3n) is 7.22. The van der Waals surface area contributed by atoms with Gasteiger partial charge in [0.15, 0.2) is 11.8 Å². The van der Waals surface area contributed by atoms with Crippen LogP contribution in [0.3, 0.4) is 0 Å². The van der Waals surface area contributed by atoms with E-state index < -0.39 is 63.0 Å². The zero-order valence-electron chi connectivity index (χ0n) is 22.1. The normalized spacial score (nSPS) is 21.1. The fourth-order valence-electron chi connectivity index (χ4n) is 5.53. The van der Waals surface area contributed by atoms with Gasteiger partial charge in [-0.2, -0.15) is 5.06 Å². The topological polar surface area (TPSA) is 187 Å². The number of hydrogen-bond acceptors (Lipinski definition) is 10. The molecule has 0 bridgehead atoms. The summed E-state index contributed by atoms with van der Waals surface area (Å²) in [5, 5.41) is 25.0. The summed E-state index contributed by atoms with van der Waals surface area (Å²) in [6.45, 7) is 0. The average Bonchev–Trinajstić information content (AvgIpc) is 3.57. The van der Waals surface area contributed by atoms with Gasteiger partial charge in [-0.05, 0) is 17.7 Å². The molecule has 5 rings (SSSR count). The van der Waals surface area contributed by atoms with E-state index in [1.807, 2.05) is 0 Å². The molecule has 1 aromatic heterocycles. The highest BCUT2D eigenvalue weighted by Gasteiger charge is 2.62. The Labute approximate surface area is 232 Å². The van der Waals surface area contributed by atoms with Gasteiger partial charge >= 0.3 is 11.4 Å². The minimum atomic E-state index is -1.43. The number of carbonyl (C=O) groups excluding carboxylic acids is 3. The summed E-state index contributed by atoms with van der Waals surface area (Å²) in [5.74, 6) is -3.67. The number of hydrogen-bond donors (Lipinski definition) is 1. The number of rotatable bonds is 8. The third-order valence-corrected chi connectivity index (χ3v) is 7.22. The Morgan fingerprint density at radius 1 is 1.00 bits per heavy atom. The first kappa shape index (κ1) is 27.4. The highest BCUT2D eigenvalue weighted by molar-refractivity contribution is 6.24. The Bertz CT molecular complexity index is 1550. The Hall–Kier alpha value is -5.15. The first-order chi connectivity index (χ1) is 19.4. The number of nitrogens with zero attached hydrogens (tertiary/aromatic N) is 6. The smallest absolute Gasteiger partial charge is 0.301 e. The van der Waals surface area contributed by atoms with Crippen LogP contribution < -0.4 is 15.5 Å². The molecule has 2 fully saturated rings. The van der Waals surface area contributed by atoms with Crippen molar-refractivity contribution in [2.75, 3.05) is 23.9 Å². The maximum atomic E-state index is 14.0. The van der Waals surface area contributed by atoms with E-state index in [4.69, 9.17) is 10.6 Å². The van der Waals surface area contributed by atoms with Crippen molar-refractivity contribution in [2.24, 2.45) is 18.7 Å². The summed E-state index contributed by atoms with van der Waals surface area (Å²) in [6, 6.07) is 11.6. The number of hydroxylamine groups is 2. The summed E-state index contributed by atoms with van der Waals surface area (Å²) in [4.78, 5) is 70.5. The molecule has 2 saturated heterocycles. The quantitative estimate of drug-likeness (QED) is 0.241. The lowest BCUT2D eigenvalue weighted by Crippen LogP contribution is -2.42. The number of aromatic nitrogens is 1. The molecule has 4 atom stereocenters. The number of anilines is 2. The van der Waals surface area contributed by atoms with Gasteiger partial charge in [0.25, 0.3) is 5.91 Å². The van der Waals surface area contributed by atoms with E-state index in [2.05, 4.69) is 0 Å². The van der Waals surface area contributed by atoms with Crippen molar-refractivity contribution in [1.82, 2.24) is 9.63 Å². The van der Waals surface area contributed by atoms with Crippen LogP contribution in [-0.4, -0.2) is 57.4 Å². The van der Waals surface area contributed by atoms with E-state index in [-0.39, 0.29) is 11.4 Å². The van der Waals surface area contributed by atoms with Crippen molar-refractivity contribution in [3.8, 4) is 0 Å². The van der Waals surface area contributed by atoms with Gasteiger partial charge in [-0.25, -0.2) is 4.90 Å². The predicted molar refractivity (Wildman–Crippen MR) is 143 cm³/mol. The van der Waals surface area contributed by atoms with Gasteiger partial charge in [0.1, 0.15) is 6.04 Å². The Morgan fingerprint density at radius 2 is 1.61 bits per heavy atom. The van der Waals surface area contributed by atoms with Gasteiger partial charge in [0.2, 0.25) is 11.8 Å². The van der Waals surface area contributed by atoms with Gasteiger partial charge in [-0.1, -0.05) is 30.3 Å². The molecule has 0 radical (unpaired) electrons. The fourth-order valence-corrected chi connectivity index (χ4v) is 5.53. The largest absolute Gasteiger partial charge is 0.368 e. The Balaban J connectivity index is 1.64. The summed E-state index contributed by atoms with van der Waals surface area (Å²) in [5.41, 5.74) is 4.85. The van der Waals surface area contributed by atoms with E-state index >= 15 is 0 Å². The highest BCUT2D eigenvalue weighted by atomic mass is 16.7. The number of imide groups is 1. The highest BCUT2D eigenvalue weighted by Crippen LogP contribution is 2.50. The Kier molecular flexibility index (Phi) is 6.76. The third kappa shape index (κ3) is 4.36. The summed E-state index contributed by atoms with van der Waals surface area (Å²) in [6.07, 6.45) is 0.286. The summed E-state index contributed by atoms with van der Waals surface area (Å²) < 4.78 is 1.70.